The molecule has 1 aromatic carbocycles. The zero-order valence-corrected chi connectivity index (χ0v) is 13.1. The first kappa shape index (κ1) is 14.8. The summed E-state index contributed by atoms with van der Waals surface area (Å²) in [6.07, 6.45) is 6.39. The van der Waals surface area contributed by atoms with Crippen LogP contribution in [-0.4, -0.2) is 22.2 Å². The van der Waals surface area contributed by atoms with Crippen LogP contribution in [0.5, 0.6) is 0 Å². The second-order valence-electron chi connectivity index (χ2n) is 6.13. The van der Waals surface area contributed by atoms with Crippen molar-refractivity contribution in [3.05, 3.63) is 47.8 Å². The van der Waals surface area contributed by atoms with Gasteiger partial charge in [0.15, 0.2) is 5.69 Å². The van der Waals surface area contributed by atoms with Crippen LogP contribution in [0.2, 0.25) is 0 Å². The van der Waals surface area contributed by atoms with E-state index >= 15 is 0 Å². The van der Waals surface area contributed by atoms with Crippen LogP contribution in [0, 0.1) is 12.8 Å². The van der Waals surface area contributed by atoms with Gasteiger partial charge >= 0.3 is 0 Å². The molecule has 0 unspecified atom stereocenters. The average Bonchev–Trinajstić information content (AvgIpc) is 2.96. The van der Waals surface area contributed by atoms with E-state index in [9.17, 15) is 4.79 Å². The predicted octanol–water partition coefficient (Wildman–Crippen LogP) is 3.49. The number of carbonyl (C=O) groups excluding carboxylic acids is 1. The summed E-state index contributed by atoms with van der Waals surface area (Å²) in [6, 6.07) is 11.7. The number of carbonyl (C=O) groups is 1. The van der Waals surface area contributed by atoms with Gasteiger partial charge in [-0.05, 0) is 43.9 Å². The molecule has 1 saturated carbocycles. The van der Waals surface area contributed by atoms with Crippen LogP contribution in [-0.2, 0) is 0 Å². The molecule has 1 aliphatic carbocycles. The Hall–Kier alpha value is -2.10. The maximum atomic E-state index is 12.3. The highest BCUT2D eigenvalue weighted by atomic mass is 16.1. The average molecular weight is 297 g/mol. The fourth-order valence-corrected chi connectivity index (χ4v) is 3.13. The normalized spacial score (nSPS) is 15.7. The highest BCUT2D eigenvalue weighted by molar-refractivity contribution is 5.92. The molecule has 1 heterocycles. The molecule has 4 nitrogen and oxygen atoms in total. The number of rotatable bonds is 4. The molecule has 1 N–H and O–H groups in total. The molecule has 0 radical (unpaired) electrons. The van der Waals surface area contributed by atoms with Crippen LogP contribution in [0.1, 0.15) is 48.3 Å². The van der Waals surface area contributed by atoms with Crippen LogP contribution in [0.3, 0.4) is 0 Å². The second kappa shape index (κ2) is 6.77. The van der Waals surface area contributed by atoms with Crippen LogP contribution in [0.4, 0.5) is 0 Å². The lowest BCUT2D eigenvalue weighted by molar-refractivity contribution is 0.0938. The molecule has 1 aliphatic rings. The molecule has 1 aromatic heterocycles. The zero-order valence-electron chi connectivity index (χ0n) is 13.1. The van der Waals surface area contributed by atoms with Crippen molar-refractivity contribution in [2.24, 2.45) is 5.92 Å². The quantitative estimate of drug-likeness (QED) is 0.939. The second-order valence-corrected chi connectivity index (χ2v) is 6.13. The van der Waals surface area contributed by atoms with Crippen molar-refractivity contribution in [3.8, 4) is 5.69 Å². The van der Waals surface area contributed by atoms with Gasteiger partial charge in [0.05, 0.1) is 5.69 Å². The van der Waals surface area contributed by atoms with Gasteiger partial charge < -0.3 is 5.32 Å². The molecule has 0 spiro atoms. The maximum absolute atomic E-state index is 12.3. The molecule has 116 valence electrons. The number of amides is 1. The summed E-state index contributed by atoms with van der Waals surface area (Å²) in [5, 5.41) is 7.49. The van der Waals surface area contributed by atoms with Gasteiger partial charge in [-0.3, -0.25) is 4.79 Å². The fraction of sp³-hybridized carbons (Fsp3) is 0.444. The summed E-state index contributed by atoms with van der Waals surface area (Å²) < 4.78 is 1.82. The lowest BCUT2D eigenvalue weighted by atomic mass is 9.89. The topological polar surface area (TPSA) is 46.9 Å². The van der Waals surface area contributed by atoms with Crippen molar-refractivity contribution >= 4 is 5.91 Å². The van der Waals surface area contributed by atoms with Gasteiger partial charge in [0, 0.05) is 12.2 Å². The molecule has 2 aromatic rings. The molecule has 1 amide bonds. The third-order valence-corrected chi connectivity index (χ3v) is 4.40. The molecule has 0 bridgehead atoms. The zero-order chi connectivity index (χ0) is 15.4. The fourth-order valence-electron chi connectivity index (χ4n) is 3.13. The third kappa shape index (κ3) is 3.38. The monoisotopic (exact) mass is 297 g/mol. The van der Waals surface area contributed by atoms with Crippen molar-refractivity contribution in [2.75, 3.05) is 6.54 Å². The maximum Gasteiger partial charge on any atom is 0.271 e. The number of para-hydroxylation sites is 1. The Labute approximate surface area is 131 Å². The number of hydrogen-bond donors (Lipinski definition) is 1. The first-order valence-corrected chi connectivity index (χ1v) is 8.14. The van der Waals surface area contributed by atoms with Crippen molar-refractivity contribution in [1.29, 1.82) is 0 Å². The van der Waals surface area contributed by atoms with Gasteiger partial charge in [-0.1, -0.05) is 37.5 Å². The van der Waals surface area contributed by atoms with Crippen molar-refractivity contribution in [2.45, 2.75) is 39.0 Å². The summed E-state index contributed by atoms with van der Waals surface area (Å²) in [4.78, 5) is 12.3. The van der Waals surface area contributed by atoms with E-state index in [0.29, 0.717) is 11.6 Å². The minimum atomic E-state index is -0.0663. The van der Waals surface area contributed by atoms with Crippen LogP contribution in [0.25, 0.3) is 5.69 Å². The molecular weight excluding hydrogens is 274 g/mol. The standard InChI is InChI=1S/C18H23N3O/c1-14-12-17(20-21(14)16-10-6-3-7-11-16)18(22)19-13-15-8-4-2-5-9-15/h3,6-7,10-12,15H,2,4-5,8-9,13H2,1H3,(H,19,22). The molecule has 3 rings (SSSR count). The van der Waals surface area contributed by atoms with E-state index in [4.69, 9.17) is 0 Å². The number of aryl methyl sites for hydroxylation is 1. The Morgan fingerprint density at radius 1 is 1.23 bits per heavy atom. The lowest BCUT2D eigenvalue weighted by Gasteiger charge is -2.21. The van der Waals surface area contributed by atoms with Gasteiger partial charge in [0.1, 0.15) is 0 Å². The number of nitrogens with zero attached hydrogens (tertiary/aromatic N) is 2. The Balaban J connectivity index is 1.66. The molecule has 0 saturated heterocycles. The Kier molecular flexibility index (Phi) is 4.56. The van der Waals surface area contributed by atoms with E-state index in [1.54, 1.807) is 0 Å². The SMILES string of the molecule is Cc1cc(C(=O)NCC2CCCCC2)nn1-c1ccccc1. The number of aromatic nitrogens is 2. The summed E-state index contributed by atoms with van der Waals surface area (Å²) >= 11 is 0. The predicted molar refractivity (Wildman–Crippen MR) is 87.2 cm³/mol. The summed E-state index contributed by atoms with van der Waals surface area (Å²) in [5.74, 6) is 0.568. The molecule has 0 atom stereocenters. The lowest BCUT2D eigenvalue weighted by Crippen LogP contribution is -2.30. The van der Waals surface area contributed by atoms with E-state index in [1.165, 1.54) is 32.1 Å². The Morgan fingerprint density at radius 2 is 1.95 bits per heavy atom. The largest absolute Gasteiger partial charge is 0.350 e. The smallest absolute Gasteiger partial charge is 0.271 e. The Bertz CT molecular complexity index is 627. The van der Waals surface area contributed by atoms with Crippen molar-refractivity contribution < 1.29 is 4.79 Å². The molecule has 4 heteroatoms. The molecular formula is C18H23N3O. The highest BCUT2D eigenvalue weighted by Crippen LogP contribution is 2.22. The number of benzene rings is 1. The summed E-state index contributed by atoms with van der Waals surface area (Å²) in [6.45, 7) is 2.74. The molecule has 22 heavy (non-hydrogen) atoms. The first-order valence-electron chi connectivity index (χ1n) is 8.14. The summed E-state index contributed by atoms with van der Waals surface area (Å²) in [7, 11) is 0. The van der Waals surface area contributed by atoms with Crippen LogP contribution < -0.4 is 5.32 Å². The van der Waals surface area contributed by atoms with Gasteiger partial charge in [0.2, 0.25) is 0 Å². The first-order chi connectivity index (χ1) is 10.7. The highest BCUT2D eigenvalue weighted by Gasteiger charge is 2.17. The van der Waals surface area contributed by atoms with E-state index in [0.717, 1.165) is 17.9 Å². The minimum Gasteiger partial charge on any atom is -0.350 e. The summed E-state index contributed by atoms with van der Waals surface area (Å²) in [5.41, 5.74) is 2.44. The van der Waals surface area contributed by atoms with Gasteiger partial charge in [-0.15, -0.1) is 0 Å². The van der Waals surface area contributed by atoms with Crippen molar-refractivity contribution in [3.63, 3.8) is 0 Å². The van der Waals surface area contributed by atoms with Crippen molar-refractivity contribution in [1.82, 2.24) is 15.1 Å². The van der Waals surface area contributed by atoms with E-state index in [1.807, 2.05) is 48.0 Å². The molecule has 1 fully saturated rings. The van der Waals surface area contributed by atoms with Gasteiger partial charge in [-0.2, -0.15) is 5.10 Å². The van der Waals surface area contributed by atoms with Crippen LogP contribution >= 0.6 is 0 Å². The number of nitrogens with one attached hydrogen (secondary N) is 1. The van der Waals surface area contributed by atoms with Crippen LogP contribution in [0.15, 0.2) is 36.4 Å². The van der Waals surface area contributed by atoms with Gasteiger partial charge in [-0.25, -0.2) is 4.68 Å². The number of hydrogen-bond acceptors (Lipinski definition) is 2. The third-order valence-electron chi connectivity index (χ3n) is 4.40. The molecule has 0 aliphatic heterocycles. The van der Waals surface area contributed by atoms with Gasteiger partial charge in [0.25, 0.3) is 5.91 Å². The van der Waals surface area contributed by atoms with E-state index < -0.39 is 0 Å². The van der Waals surface area contributed by atoms with E-state index in [-0.39, 0.29) is 5.91 Å². The Morgan fingerprint density at radius 3 is 2.68 bits per heavy atom. The van der Waals surface area contributed by atoms with E-state index in [2.05, 4.69) is 10.4 Å². The minimum absolute atomic E-state index is 0.0663.